The van der Waals surface area contributed by atoms with Gasteiger partial charge in [-0.05, 0) is 13.0 Å². The highest BCUT2D eigenvalue weighted by Gasteiger charge is 2.24. The number of nitrogens with one attached hydrogen (secondary N) is 1. The van der Waals surface area contributed by atoms with Crippen LogP contribution < -0.4 is 5.32 Å². The number of ether oxygens (including phenoxy) is 1. The summed E-state index contributed by atoms with van der Waals surface area (Å²) < 4.78 is 9.98. The Kier molecular flexibility index (Phi) is 4.59. The van der Waals surface area contributed by atoms with Crippen LogP contribution in [-0.2, 0) is 9.53 Å². The zero-order valence-corrected chi connectivity index (χ0v) is 12.2. The molecule has 0 aliphatic heterocycles. The van der Waals surface area contributed by atoms with Gasteiger partial charge in [0.25, 0.3) is 5.91 Å². The number of esters is 1. The van der Waals surface area contributed by atoms with Gasteiger partial charge in [0, 0.05) is 12.6 Å². The second-order valence-electron chi connectivity index (χ2n) is 4.19. The number of benzene rings is 1. The highest BCUT2D eigenvalue weighted by atomic mass is 35.5. The number of likely N-dealkylation sites (N-methyl/N-ethyl adjacent to an activating group) is 1. The van der Waals surface area contributed by atoms with E-state index >= 15 is 0 Å². The standard InChI is InChI=1S/C14H13ClN2O4/c1-8-12(14(19)20-7-11(18)16-2)13(17-21-8)9-5-3-4-6-10(9)15/h3-6H,7H2,1-2H3,(H,16,18). The predicted molar refractivity (Wildman–Crippen MR) is 76.0 cm³/mol. The summed E-state index contributed by atoms with van der Waals surface area (Å²) in [5.41, 5.74) is 1.01. The van der Waals surface area contributed by atoms with Gasteiger partial charge in [0.2, 0.25) is 0 Å². The maximum absolute atomic E-state index is 12.1. The van der Waals surface area contributed by atoms with Crippen LogP contribution >= 0.6 is 11.6 Å². The van der Waals surface area contributed by atoms with E-state index < -0.39 is 11.9 Å². The SMILES string of the molecule is CNC(=O)COC(=O)c1c(-c2ccccc2Cl)noc1C. The number of hydrogen-bond acceptors (Lipinski definition) is 5. The van der Waals surface area contributed by atoms with Crippen LogP contribution in [0.2, 0.25) is 5.02 Å². The lowest BCUT2D eigenvalue weighted by molar-refractivity contribution is -0.123. The summed E-state index contributed by atoms with van der Waals surface area (Å²) in [6.45, 7) is 1.21. The molecule has 1 heterocycles. The van der Waals surface area contributed by atoms with Crippen molar-refractivity contribution in [1.82, 2.24) is 10.5 Å². The minimum Gasteiger partial charge on any atom is -0.452 e. The number of hydrogen-bond donors (Lipinski definition) is 1. The molecule has 7 heteroatoms. The van der Waals surface area contributed by atoms with Crippen molar-refractivity contribution in [2.45, 2.75) is 6.92 Å². The Labute approximate surface area is 126 Å². The van der Waals surface area contributed by atoms with Gasteiger partial charge >= 0.3 is 5.97 Å². The van der Waals surface area contributed by atoms with Crippen LogP contribution in [0, 0.1) is 6.92 Å². The molecule has 1 N–H and O–H groups in total. The van der Waals surface area contributed by atoms with E-state index in [0.29, 0.717) is 22.0 Å². The molecule has 110 valence electrons. The quantitative estimate of drug-likeness (QED) is 0.876. The fraction of sp³-hybridized carbons (Fsp3) is 0.214. The Balaban J connectivity index is 2.33. The molecule has 0 unspecified atom stereocenters. The lowest BCUT2D eigenvalue weighted by atomic mass is 10.1. The first-order valence-corrected chi connectivity index (χ1v) is 6.51. The van der Waals surface area contributed by atoms with E-state index in [1.54, 1.807) is 31.2 Å². The summed E-state index contributed by atoms with van der Waals surface area (Å²) in [5, 5.41) is 6.65. The number of nitrogens with zero attached hydrogens (tertiary/aromatic N) is 1. The molecular formula is C14H13ClN2O4. The molecule has 0 aliphatic carbocycles. The van der Waals surface area contributed by atoms with E-state index in [0.717, 1.165) is 0 Å². The van der Waals surface area contributed by atoms with E-state index in [4.69, 9.17) is 20.9 Å². The lowest BCUT2D eigenvalue weighted by Gasteiger charge is -2.05. The van der Waals surface area contributed by atoms with Crippen LogP contribution in [0.15, 0.2) is 28.8 Å². The third-order valence-corrected chi connectivity index (χ3v) is 3.14. The summed E-state index contributed by atoms with van der Waals surface area (Å²) >= 11 is 6.10. The summed E-state index contributed by atoms with van der Waals surface area (Å²) in [5.74, 6) is -0.796. The second-order valence-corrected chi connectivity index (χ2v) is 4.60. The van der Waals surface area contributed by atoms with E-state index in [9.17, 15) is 9.59 Å². The molecule has 2 rings (SSSR count). The van der Waals surface area contributed by atoms with E-state index in [-0.39, 0.29) is 12.2 Å². The van der Waals surface area contributed by atoms with E-state index in [1.165, 1.54) is 7.05 Å². The van der Waals surface area contributed by atoms with Gasteiger partial charge in [-0.3, -0.25) is 4.79 Å². The minimum atomic E-state index is -0.688. The summed E-state index contributed by atoms with van der Waals surface area (Å²) in [6, 6.07) is 6.93. The van der Waals surface area contributed by atoms with Crippen molar-refractivity contribution in [3.8, 4) is 11.3 Å². The number of amides is 1. The normalized spacial score (nSPS) is 10.2. The highest BCUT2D eigenvalue weighted by Crippen LogP contribution is 2.31. The monoisotopic (exact) mass is 308 g/mol. The lowest BCUT2D eigenvalue weighted by Crippen LogP contribution is -2.25. The number of carbonyl (C=O) groups excluding carboxylic acids is 2. The van der Waals surface area contributed by atoms with Crippen molar-refractivity contribution < 1.29 is 18.8 Å². The summed E-state index contributed by atoms with van der Waals surface area (Å²) in [4.78, 5) is 23.2. The molecule has 0 saturated carbocycles. The van der Waals surface area contributed by atoms with Crippen molar-refractivity contribution >= 4 is 23.5 Å². The fourth-order valence-electron chi connectivity index (χ4n) is 1.73. The van der Waals surface area contributed by atoms with Crippen LogP contribution in [0.3, 0.4) is 0 Å². The van der Waals surface area contributed by atoms with Gasteiger partial charge in [-0.2, -0.15) is 0 Å². The van der Waals surface area contributed by atoms with Crippen LogP contribution in [-0.4, -0.2) is 30.7 Å². The number of halogens is 1. The van der Waals surface area contributed by atoms with E-state index in [1.807, 2.05) is 0 Å². The van der Waals surface area contributed by atoms with Crippen LogP contribution in [0.4, 0.5) is 0 Å². The molecule has 1 aromatic heterocycles. The smallest absolute Gasteiger partial charge is 0.344 e. The van der Waals surface area contributed by atoms with Gasteiger partial charge in [0.05, 0.1) is 5.02 Å². The largest absolute Gasteiger partial charge is 0.452 e. The minimum absolute atomic E-state index is 0.159. The van der Waals surface area contributed by atoms with Gasteiger partial charge in [0.1, 0.15) is 17.0 Å². The molecule has 0 saturated heterocycles. The molecule has 21 heavy (non-hydrogen) atoms. The molecule has 2 aromatic rings. The molecule has 1 amide bonds. The van der Waals surface area contributed by atoms with Gasteiger partial charge in [-0.25, -0.2) is 4.79 Å². The number of aromatic nitrogens is 1. The Hall–Kier alpha value is -2.34. The first kappa shape index (κ1) is 15.1. The molecule has 0 aliphatic rings. The Morgan fingerprint density at radius 3 is 2.76 bits per heavy atom. The first-order valence-electron chi connectivity index (χ1n) is 6.13. The maximum Gasteiger partial charge on any atom is 0.344 e. The van der Waals surface area contributed by atoms with Gasteiger partial charge < -0.3 is 14.6 Å². The van der Waals surface area contributed by atoms with Crippen LogP contribution in [0.1, 0.15) is 16.1 Å². The number of carbonyl (C=O) groups is 2. The van der Waals surface area contributed by atoms with Crippen molar-refractivity contribution in [3.63, 3.8) is 0 Å². The predicted octanol–water partition coefficient (Wildman–Crippen LogP) is 2.21. The van der Waals surface area contributed by atoms with Crippen LogP contribution in [0.25, 0.3) is 11.3 Å². The van der Waals surface area contributed by atoms with Gasteiger partial charge in [0.15, 0.2) is 6.61 Å². The maximum atomic E-state index is 12.1. The van der Waals surface area contributed by atoms with Gasteiger partial charge in [-0.15, -0.1) is 0 Å². The number of aryl methyl sites for hydroxylation is 1. The number of rotatable bonds is 4. The molecule has 6 nitrogen and oxygen atoms in total. The average molecular weight is 309 g/mol. The third kappa shape index (κ3) is 3.22. The summed E-state index contributed by atoms with van der Waals surface area (Å²) in [6.07, 6.45) is 0. The van der Waals surface area contributed by atoms with Crippen molar-refractivity contribution in [1.29, 1.82) is 0 Å². The third-order valence-electron chi connectivity index (χ3n) is 2.81. The molecule has 0 fully saturated rings. The van der Waals surface area contributed by atoms with Crippen molar-refractivity contribution in [2.75, 3.05) is 13.7 Å². The molecule has 0 spiro atoms. The van der Waals surface area contributed by atoms with Gasteiger partial charge in [-0.1, -0.05) is 35.0 Å². The molecular weight excluding hydrogens is 296 g/mol. The average Bonchev–Trinajstić information content (AvgIpc) is 2.86. The zero-order valence-electron chi connectivity index (χ0n) is 11.5. The zero-order chi connectivity index (χ0) is 15.4. The second kappa shape index (κ2) is 6.41. The highest BCUT2D eigenvalue weighted by molar-refractivity contribution is 6.33. The molecule has 0 atom stereocenters. The first-order chi connectivity index (χ1) is 10.0. The van der Waals surface area contributed by atoms with E-state index in [2.05, 4.69) is 10.5 Å². The fourth-order valence-corrected chi connectivity index (χ4v) is 1.95. The van der Waals surface area contributed by atoms with Crippen molar-refractivity contribution in [3.05, 3.63) is 40.6 Å². The topological polar surface area (TPSA) is 81.4 Å². The Bertz CT molecular complexity index is 681. The molecule has 0 radical (unpaired) electrons. The Morgan fingerprint density at radius 2 is 2.10 bits per heavy atom. The molecule has 0 bridgehead atoms. The summed E-state index contributed by atoms with van der Waals surface area (Å²) in [7, 11) is 1.45. The molecule has 1 aromatic carbocycles. The van der Waals surface area contributed by atoms with Crippen molar-refractivity contribution in [2.24, 2.45) is 0 Å². The van der Waals surface area contributed by atoms with Crippen LogP contribution in [0.5, 0.6) is 0 Å². The Morgan fingerprint density at radius 1 is 1.38 bits per heavy atom.